The minimum Gasteiger partial charge on any atom is -0.376 e. The van der Waals surface area contributed by atoms with E-state index in [4.69, 9.17) is 4.74 Å². The zero-order valence-electron chi connectivity index (χ0n) is 11.9. The second-order valence-electron chi connectivity index (χ2n) is 5.20. The lowest BCUT2D eigenvalue weighted by atomic mass is 10.1. The smallest absolute Gasteiger partial charge is 0.131 e. The van der Waals surface area contributed by atoms with Gasteiger partial charge in [-0.25, -0.2) is 4.98 Å². The largest absolute Gasteiger partial charge is 0.376 e. The van der Waals surface area contributed by atoms with Crippen LogP contribution in [0.3, 0.4) is 0 Å². The second kappa shape index (κ2) is 7.25. The lowest BCUT2D eigenvalue weighted by Gasteiger charge is -2.34. The number of aromatic nitrogens is 1. The molecule has 3 nitrogen and oxygen atoms in total. The summed E-state index contributed by atoms with van der Waals surface area (Å²) in [6, 6.07) is 2.22. The minimum absolute atomic E-state index is 0.366. The fraction of sp³-hybridized carbons (Fsp3) is 0.667. The topological polar surface area (TPSA) is 25.4 Å². The number of aryl methyl sites for hydroxylation is 1. The molecule has 4 heteroatoms. The third kappa shape index (κ3) is 3.93. The van der Waals surface area contributed by atoms with Gasteiger partial charge in [-0.1, -0.05) is 28.9 Å². The minimum atomic E-state index is 0.366. The first-order valence-electron chi connectivity index (χ1n) is 7.12. The summed E-state index contributed by atoms with van der Waals surface area (Å²) in [7, 11) is 0. The molecule has 19 heavy (non-hydrogen) atoms. The van der Waals surface area contributed by atoms with E-state index in [2.05, 4.69) is 45.7 Å². The SMILES string of the molecule is CCCOC1CCCN(c2ncc(CBr)cc2C)C1. The van der Waals surface area contributed by atoms with E-state index in [0.29, 0.717) is 6.10 Å². The van der Waals surface area contributed by atoms with E-state index in [0.717, 1.165) is 37.3 Å². The number of piperidine rings is 1. The highest BCUT2D eigenvalue weighted by atomic mass is 79.9. The maximum absolute atomic E-state index is 5.89. The van der Waals surface area contributed by atoms with E-state index in [9.17, 15) is 0 Å². The predicted octanol–water partition coefficient (Wildman–Crippen LogP) is 3.68. The first-order chi connectivity index (χ1) is 9.24. The standard InChI is InChI=1S/C15H23BrN2O/c1-3-7-19-14-5-4-6-18(11-14)15-12(2)8-13(9-16)10-17-15/h8,10,14H,3-7,9,11H2,1-2H3. The molecule has 0 radical (unpaired) electrons. The Labute approximate surface area is 124 Å². The Kier molecular flexibility index (Phi) is 5.64. The van der Waals surface area contributed by atoms with Gasteiger partial charge in [0.2, 0.25) is 0 Å². The Hall–Kier alpha value is -0.610. The number of halogens is 1. The quantitative estimate of drug-likeness (QED) is 0.772. The van der Waals surface area contributed by atoms with Gasteiger partial charge in [-0.2, -0.15) is 0 Å². The molecule has 1 aliphatic heterocycles. The van der Waals surface area contributed by atoms with E-state index >= 15 is 0 Å². The van der Waals surface area contributed by atoms with Crippen molar-refractivity contribution in [3.8, 4) is 0 Å². The Bertz CT molecular complexity index is 411. The van der Waals surface area contributed by atoms with Gasteiger partial charge in [0.05, 0.1) is 6.10 Å². The van der Waals surface area contributed by atoms with Gasteiger partial charge in [0, 0.05) is 31.2 Å². The summed E-state index contributed by atoms with van der Waals surface area (Å²) >= 11 is 3.48. The van der Waals surface area contributed by atoms with Crippen LogP contribution in [0.1, 0.15) is 37.3 Å². The van der Waals surface area contributed by atoms with Crippen molar-refractivity contribution in [3.05, 3.63) is 23.4 Å². The van der Waals surface area contributed by atoms with Gasteiger partial charge in [-0.05, 0) is 37.3 Å². The number of ether oxygens (including phenoxy) is 1. The second-order valence-corrected chi connectivity index (χ2v) is 5.76. The van der Waals surface area contributed by atoms with Crippen LogP contribution in [0.5, 0.6) is 0 Å². The fourth-order valence-corrected chi connectivity index (χ4v) is 2.89. The molecule has 1 atom stereocenters. The van der Waals surface area contributed by atoms with Gasteiger partial charge in [0.1, 0.15) is 5.82 Å². The van der Waals surface area contributed by atoms with E-state index in [1.807, 2.05) is 6.20 Å². The van der Waals surface area contributed by atoms with Gasteiger partial charge in [0.25, 0.3) is 0 Å². The molecule has 106 valence electrons. The van der Waals surface area contributed by atoms with Crippen LogP contribution in [0.25, 0.3) is 0 Å². The molecule has 0 aliphatic carbocycles. The number of hydrogen-bond acceptors (Lipinski definition) is 3. The summed E-state index contributed by atoms with van der Waals surface area (Å²) in [5, 5.41) is 0.864. The zero-order valence-corrected chi connectivity index (χ0v) is 13.4. The summed E-state index contributed by atoms with van der Waals surface area (Å²) < 4.78 is 5.89. The van der Waals surface area contributed by atoms with Crippen molar-refractivity contribution < 1.29 is 4.74 Å². The molecule has 1 aromatic heterocycles. The maximum Gasteiger partial charge on any atom is 0.131 e. The molecule has 0 N–H and O–H groups in total. The van der Waals surface area contributed by atoms with Crippen LogP contribution in [0, 0.1) is 6.92 Å². The zero-order chi connectivity index (χ0) is 13.7. The molecule has 2 rings (SSSR count). The normalized spacial score (nSPS) is 19.7. The molecule has 0 spiro atoms. The Morgan fingerprint density at radius 1 is 1.53 bits per heavy atom. The van der Waals surface area contributed by atoms with E-state index in [1.165, 1.54) is 24.0 Å². The van der Waals surface area contributed by atoms with Crippen molar-refractivity contribution >= 4 is 21.7 Å². The highest BCUT2D eigenvalue weighted by Gasteiger charge is 2.22. The van der Waals surface area contributed by atoms with Gasteiger partial charge < -0.3 is 9.64 Å². The van der Waals surface area contributed by atoms with Crippen molar-refractivity contribution in [1.29, 1.82) is 0 Å². The predicted molar refractivity (Wildman–Crippen MR) is 83.1 cm³/mol. The molecule has 0 amide bonds. The van der Waals surface area contributed by atoms with Crippen LogP contribution < -0.4 is 4.90 Å². The van der Waals surface area contributed by atoms with Crippen LogP contribution in [0.4, 0.5) is 5.82 Å². The summed E-state index contributed by atoms with van der Waals surface area (Å²) in [4.78, 5) is 7.00. The molecule has 0 bridgehead atoms. The molecule has 1 unspecified atom stereocenters. The van der Waals surface area contributed by atoms with Gasteiger partial charge in [-0.15, -0.1) is 0 Å². The first kappa shape index (κ1) is 14.8. The van der Waals surface area contributed by atoms with Crippen LogP contribution in [-0.4, -0.2) is 30.8 Å². The third-order valence-corrected chi connectivity index (χ3v) is 4.14. The van der Waals surface area contributed by atoms with E-state index in [-0.39, 0.29) is 0 Å². The average molecular weight is 327 g/mol. The fourth-order valence-electron chi connectivity index (χ4n) is 2.58. The van der Waals surface area contributed by atoms with Gasteiger partial charge in [0.15, 0.2) is 0 Å². The third-order valence-electron chi connectivity index (χ3n) is 3.50. The van der Waals surface area contributed by atoms with Crippen molar-refractivity contribution in [2.75, 3.05) is 24.6 Å². The van der Waals surface area contributed by atoms with Crippen molar-refractivity contribution in [2.24, 2.45) is 0 Å². The number of hydrogen-bond donors (Lipinski definition) is 0. The van der Waals surface area contributed by atoms with Crippen LogP contribution in [0.2, 0.25) is 0 Å². The average Bonchev–Trinajstić information content (AvgIpc) is 2.45. The van der Waals surface area contributed by atoms with Crippen molar-refractivity contribution in [3.63, 3.8) is 0 Å². The van der Waals surface area contributed by atoms with Crippen molar-refractivity contribution in [1.82, 2.24) is 4.98 Å². The molecule has 1 aromatic rings. The van der Waals surface area contributed by atoms with Crippen LogP contribution >= 0.6 is 15.9 Å². The number of anilines is 1. The number of rotatable bonds is 5. The highest BCUT2D eigenvalue weighted by molar-refractivity contribution is 9.08. The Morgan fingerprint density at radius 3 is 3.05 bits per heavy atom. The highest BCUT2D eigenvalue weighted by Crippen LogP contribution is 2.23. The van der Waals surface area contributed by atoms with Crippen LogP contribution in [-0.2, 0) is 10.1 Å². The summed E-state index contributed by atoms with van der Waals surface area (Å²) in [5.74, 6) is 1.12. The summed E-state index contributed by atoms with van der Waals surface area (Å²) in [6.07, 6.45) is 5.79. The molecular formula is C15H23BrN2O. The molecule has 0 aromatic carbocycles. The van der Waals surface area contributed by atoms with Gasteiger partial charge in [-0.3, -0.25) is 0 Å². The number of pyridine rings is 1. The van der Waals surface area contributed by atoms with Gasteiger partial charge >= 0.3 is 0 Å². The van der Waals surface area contributed by atoms with Crippen LogP contribution in [0.15, 0.2) is 12.3 Å². The lowest BCUT2D eigenvalue weighted by Crippen LogP contribution is -2.40. The Morgan fingerprint density at radius 2 is 2.37 bits per heavy atom. The van der Waals surface area contributed by atoms with E-state index < -0.39 is 0 Å². The van der Waals surface area contributed by atoms with E-state index in [1.54, 1.807) is 0 Å². The first-order valence-corrected chi connectivity index (χ1v) is 8.24. The lowest BCUT2D eigenvalue weighted by molar-refractivity contribution is 0.0439. The molecule has 0 saturated carbocycles. The molecule has 1 fully saturated rings. The maximum atomic E-state index is 5.89. The molecular weight excluding hydrogens is 304 g/mol. The monoisotopic (exact) mass is 326 g/mol. The molecule has 1 aliphatic rings. The number of nitrogens with zero attached hydrogens (tertiary/aromatic N) is 2. The molecule has 2 heterocycles. The van der Waals surface area contributed by atoms with Crippen molar-refractivity contribution in [2.45, 2.75) is 44.5 Å². The summed E-state index contributed by atoms with van der Waals surface area (Å²) in [5.41, 5.74) is 2.49. The molecule has 1 saturated heterocycles. The number of alkyl halides is 1. The Balaban J connectivity index is 2.04. The summed E-state index contributed by atoms with van der Waals surface area (Å²) in [6.45, 7) is 7.23.